The second kappa shape index (κ2) is 2.54. The summed E-state index contributed by atoms with van der Waals surface area (Å²) >= 11 is 0. The van der Waals surface area contributed by atoms with Gasteiger partial charge in [0.2, 0.25) is 5.91 Å². The van der Waals surface area contributed by atoms with Gasteiger partial charge < -0.3 is 11.5 Å². The van der Waals surface area contributed by atoms with Crippen LogP contribution in [-0.2, 0) is 4.79 Å². The normalized spacial score (nSPS) is 20.1. The third-order valence-corrected chi connectivity index (χ3v) is 1.42. The highest BCUT2D eigenvalue weighted by Crippen LogP contribution is 2.34. The van der Waals surface area contributed by atoms with E-state index in [4.69, 9.17) is 11.5 Å². The van der Waals surface area contributed by atoms with Crippen molar-refractivity contribution in [1.29, 1.82) is 0 Å². The SMILES string of the molecule is Cl.NC(=O)CC1(N)CC1. The second-order valence-corrected chi connectivity index (χ2v) is 2.51. The molecule has 0 radical (unpaired) electrons. The summed E-state index contributed by atoms with van der Waals surface area (Å²) in [6, 6.07) is 0. The van der Waals surface area contributed by atoms with Gasteiger partial charge in [0.25, 0.3) is 0 Å². The predicted molar refractivity (Wildman–Crippen MR) is 37.2 cm³/mol. The fourth-order valence-electron chi connectivity index (χ4n) is 0.684. The molecule has 1 aliphatic rings. The zero-order valence-electron chi connectivity index (χ0n) is 5.09. The van der Waals surface area contributed by atoms with Crippen LogP contribution in [0.4, 0.5) is 0 Å². The van der Waals surface area contributed by atoms with Crippen molar-refractivity contribution in [3.05, 3.63) is 0 Å². The predicted octanol–water partition coefficient (Wildman–Crippen LogP) is -0.225. The Balaban J connectivity index is 0.000000640. The molecule has 4 N–H and O–H groups in total. The lowest BCUT2D eigenvalue weighted by atomic mass is 10.2. The smallest absolute Gasteiger partial charge is 0.219 e. The first kappa shape index (κ1) is 8.72. The van der Waals surface area contributed by atoms with Crippen LogP contribution < -0.4 is 11.5 Å². The minimum atomic E-state index is -0.287. The van der Waals surface area contributed by atoms with Crippen LogP contribution >= 0.6 is 12.4 Å². The molecular weight excluding hydrogens is 140 g/mol. The van der Waals surface area contributed by atoms with Gasteiger partial charge in [0.05, 0.1) is 0 Å². The molecule has 0 atom stereocenters. The third kappa shape index (κ3) is 2.67. The van der Waals surface area contributed by atoms with Gasteiger partial charge in [-0.1, -0.05) is 0 Å². The number of primary amides is 1. The van der Waals surface area contributed by atoms with E-state index in [0.717, 1.165) is 12.8 Å². The fourth-order valence-corrected chi connectivity index (χ4v) is 0.684. The number of amides is 1. The standard InChI is InChI=1S/C5H10N2O.ClH/c6-4(8)3-5(7)1-2-5;/h1-3,7H2,(H2,6,8);1H. The van der Waals surface area contributed by atoms with Gasteiger partial charge in [0.1, 0.15) is 0 Å². The molecule has 0 spiro atoms. The van der Waals surface area contributed by atoms with E-state index in [-0.39, 0.29) is 23.9 Å². The lowest BCUT2D eigenvalue weighted by Gasteiger charge is -2.01. The van der Waals surface area contributed by atoms with E-state index in [1.54, 1.807) is 0 Å². The molecule has 54 valence electrons. The van der Waals surface area contributed by atoms with Crippen LogP contribution in [0.5, 0.6) is 0 Å². The number of carbonyl (C=O) groups excluding carboxylic acids is 1. The van der Waals surface area contributed by atoms with E-state index in [1.165, 1.54) is 0 Å². The molecule has 0 aromatic heterocycles. The van der Waals surface area contributed by atoms with Crippen LogP contribution in [0.1, 0.15) is 19.3 Å². The van der Waals surface area contributed by atoms with E-state index in [0.29, 0.717) is 6.42 Å². The molecule has 0 aromatic rings. The van der Waals surface area contributed by atoms with Gasteiger partial charge in [-0.05, 0) is 12.8 Å². The molecule has 1 aliphatic carbocycles. The molecule has 0 bridgehead atoms. The maximum absolute atomic E-state index is 10.2. The van der Waals surface area contributed by atoms with Gasteiger partial charge in [-0.25, -0.2) is 0 Å². The van der Waals surface area contributed by atoms with E-state index in [1.807, 2.05) is 0 Å². The Labute approximate surface area is 60.2 Å². The van der Waals surface area contributed by atoms with Crippen molar-refractivity contribution in [2.45, 2.75) is 24.8 Å². The summed E-state index contributed by atoms with van der Waals surface area (Å²) < 4.78 is 0. The van der Waals surface area contributed by atoms with Crippen molar-refractivity contribution in [3.8, 4) is 0 Å². The lowest BCUT2D eigenvalue weighted by Crippen LogP contribution is -2.28. The highest BCUT2D eigenvalue weighted by Gasteiger charge is 2.39. The van der Waals surface area contributed by atoms with Crippen LogP contribution in [0.2, 0.25) is 0 Å². The molecular formula is C5H11ClN2O. The number of hydrogen-bond acceptors (Lipinski definition) is 2. The number of nitrogens with two attached hydrogens (primary N) is 2. The van der Waals surface area contributed by atoms with Crippen LogP contribution in [0.3, 0.4) is 0 Å². The molecule has 1 saturated carbocycles. The monoisotopic (exact) mass is 150 g/mol. The summed E-state index contributed by atoms with van der Waals surface area (Å²) in [5.74, 6) is -0.287. The van der Waals surface area contributed by atoms with E-state index in [9.17, 15) is 4.79 Å². The van der Waals surface area contributed by atoms with Crippen molar-refractivity contribution in [3.63, 3.8) is 0 Å². The molecule has 1 amide bonds. The van der Waals surface area contributed by atoms with Gasteiger partial charge >= 0.3 is 0 Å². The van der Waals surface area contributed by atoms with E-state index < -0.39 is 0 Å². The Morgan fingerprint density at radius 2 is 2.00 bits per heavy atom. The first-order valence-corrected chi connectivity index (χ1v) is 2.70. The van der Waals surface area contributed by atoms with Gasteiger partial charge in [0, 0.05) is 12.0 Å². The number of carbonyl (C=O) groups is 1. The summed E-state index contributed by atoms with van der Waals surface area (Å²) in [5.41, 5.74) is 10.2. The van der Waals surface area contributed by atoms with Crippen molar-refractivity contribution >= 4 is 18.3 Å². The highest BCUT2D eigenvalue weighted by molar-refractivity contribution is 5.85. The molecule has 0 aliphatic heterocycles. The average Bonchev–Trinajstić information content (AvgIpc) is 2.17. The van der Waals surface area contributed by atoms with Gasteiger partial charge in [-0.3, -0.25) is 4.79 Å². The van der Waals surface area contributed by atoms with Crippen LogP contribution in [-0.4, -0.2) is 11.4 Å². The van der Waals surface area contributed by atoms with Gasteiger partial charge in [0.15, 0.2) is 0 Å². The van der Waals surface area contributed by atoms with Crippen LogP contribution in [0, 0.1) is 0 Å². The van der Waals surface area contributed by atoms with Gasteiger partial charge in [-0.15, -0.1) is 12.4 Å². The first-order chi connectivity index (χ1) is 3.62. The minimum absolute atomic E-state index is 0. The highest BCUT2D eigenvalue weighted by atomic mass is 35.5. The Kier molecular flexibility index (Phi) is 2.46. The number of halogens is 1. The minimum Gasteiger partial charge on any atom is -0.370 e. The molecule has 3 nitrogen and oxygen atoms in total. The molecule has 0 saturated heterocycles. The van der Waals surface area contributed by atoms with E-state index >= 15 is 0 Å². The average molecular weight is 151 g/mol. The number of hydrogen-bond donors (Lipinski definition) is 2. The molecule has 0 aromatic carbocycles. The Bertz CT molecular complexity index is 122. The number of rotatable bonds is 2. The van der Waals surface area contributed by atoms with Crippen LogP contribution in [0.25, 0.3) is 0 Å². The topological polar surface area (TPSA) is 69.1 Å². The Hall–Kier alpha value is -0.280. The molecule has 1 rings (SSSR count). The largest absolute Gasteiger partial charge is 0.370 e. The Morgan fingerprint density at radius 1 is 1.56 bits per heavy atom. The lowest BCUT2D eigenvalue weighted by molar-refractivity contribution is -0.118. The van der Waals surface area contributed by atoms with Crippen molar-refractivity contribution in [2.75, 3.05) is 0 Å². The maximum atomic E-state index is 10.2. The van der Waals surface area contributed by atoms with Crippen molar-refractivity contribution < 1.29 is 4.79 Å². The first-order valence-electron chi connectivity index (χ1n) is 2.70. The summed E-state index contributed by atoms with van der Waals surface area (Å²) in [5, 5.41) is 0. The maximum Gasteiger partial charge on any atom is 0.219 e. The summed E-state index contributed by atoms with van der Waals surface area (Å²) in [6.45, 7) is 0. The quantitative estimate of drug-likeness (QED) is 0.571. The van der Waals surface area contributed by atoms with Crippen molar-refractivity contribution in [2.24, 2.45) is 11.5 Å². The van der Waals surface area contributed by atoms with E-state index in [2.05, 4.69) is 0 Å². The Morgan fingerprint density at radius 3 is 2.11 bits per heavy atom. The third-order valence-electron chi connectivity index (χ3n) is 1.42. The summed E-state index contributed by atoms with van der Waals surface area (Å²) in [7, 11) is 0. The van der Waals surface area contributed by atoms with Crippen LogP contribution in [0.15, 0.2) is 0 Å². The van der Waals surface area contributed by atoms with Crippen molar-refractivity contribution in [1.82, 2.24) is 0 Å². The molecule has 1 fully saturated rings. The fraction of sp³-hybridized carbons (Fsp3) is 0.800. The zero-order chi connectivity index (χ0) is 6.20. The zero-order valence-corrected chi connectivity index (χ0v) is 5.91. The van der Waals surface area contributed by atoms with Gasteiger partial charge in [-0.2, -0.15) is 0 Å². The summed E-state index contributed by atoms with van der Waals surface area (Å²) in [6.07, 6.45) is 2.26. The molecule has 9 heavy (non-hydrogen) atoms. The summed E-state index contributed by atoms with van der Waals surface area (Å²) in [4.78, 5) is 10.2. The molecule has 4 heteroatoms. The second-order valence-electron chi connectivity index (χ2n) is 2.51. The molecule has 0 heterocycles. The molecule has 0 unspecified atom stereocenters.